The fourth-order valence-corrected chi connectivity index (χ4v) is 2.63. The number of aromatic nitrogens is 1. The molecule has 0 unspecified atom stereocenters. The molecular weight excluding hydrogens is 316 g/mol. The van der Waals surface area contributed by atoms with Crippen LogP contribution in [-0.2, 0) is 4.79 Å². The van der Waals surface area contributed by atoms with Crippen molar-refractivity contribution >= 4 is 34.1 Å². The van der Waals surface area contributed by atoms with Crippen LogP contribution < -0.4 is 5.32 Å². The fraction of sp³-hybridized carbons (Fsp3) is 0.0588. The van der Waals surface area contributed by atoms with Crippen LogP contribution in [-0.4, -0.2) is 21.1 Å². The number of nitrogens with zero attached hydrogens (tertiary/aromatic N) is 1. The lowest BCUT2D eigenvalue weighted by Crippen LogP contribution is -2.06. The smallest absolute Gasteiger partial charge is 0.221 e. The van der Waals surface area contributed by atoms with Gasteiger partial charge in [-0.25, -0.2) is 0 Å². The highest BCUT2D eigenvalue weighted by Crippen LogP contribution is 2.39. The lowest BCUT2D eigenvalue weighted by atomic mass is 10.00. The fourth-order valence-electron chi connectivity index (χ4n) is 2.45. The van der Waals surface area contributed by atoms with Crippen LogP contribution in [0.1, 0.15) is 6.92 Å². The van der Waals surface area contributed by atoms with Crippen LogP contribution in [0.3, 0.4) is 0 Å². The van der Waals surface area contributed by atoms with Crippen LogP contribution in [0.25, 0.3) is 22.0 Å². The average Bonchev–Trinajstić information content (AvgIpc) is 2.52. The molecule has 3 aromatic rings. The van der Waals surface area contributed by atoms with E-state index in [1.807, 2.05) is 0 Å². The highest BCUT2D eigenvalue weighted by atomic mass is 35.5. The molecule has 3 rings (SSSR count). The van der Waals surface area contributed by atoms with Gasteiger partial charge in [0.2, 0.25) is 5.91 Å². The van der Waals surface area contributed by atoms with E-state index < -0.39 is 0 Å². The Balaban J connectivity index is 2.26. The molecule has 6 heteroatoms. The number of phenols is 2. The number of aromatic hydroxyl groups is 2. The molecule has 0 saturated heterocycles. The molecule has 1 heterocycles. The van der Waals surface area contributed by atoms with E-state index in [1.165, 1.54) is 19.2 Å². The Kier molecular flexibility index (Phi) is 3.80. The third kappa shape index (κ3) is 2.78. The number of carbonyl (C=O) groups is 1. The van der Waals surface area contributed by atoms with Crippen molar-refractivity contribution < 1.29 is 15.0 Å². The first-order valence-corrected chi connectivity index (χ1v) is 7.22. The quantitative estimate of drug-likeness (QED) is 0.622. The van der Waals surface area contributed by atoms with E-state index in [2.05, 4.69) is 10.3 Å². The zero-order valence-corrected chi connectivity index (χ0v) is 12.9. The summed E-state index contributed by atoms with van der Waals surface area (Å²) in [6.45, 7) is 1.36. The Morgan fingerprint density at radius 3 is 2.65 bits per heavy atom. The van der Waals surface area contributed by atoms with Crippen LogP contribution >= 0.6 is 11.6 Å². The Morgan fingerprint density at radius 1 is 1.13 bits per heavy atom. The second-order valence-electron chi connectivity index (χ2n) is 5.06. The van der Waals surface area contributed by atoms with E-state index in [-0.39, 0.29) is 23.1 Å². The number of rotatable bonds is 2. The number of hydrogen-bond donors (Lipinski definition) is 3. The Bertz CT molecular complexity index is 925. The van der Waals surface area contributed by atoms with Gasteiger partial charge in [0.15, 0.2) is 5.75 Å². The van der Waals surface area contributed by atoms with E-state index >= 15 is 0 Å². The minimum absolute atomic E-state index is 0.0762. The first-order valence-electron chi connectivity index (χ1n) is 6.84. The van der Waals surface area contributed by atoms with Gasteiger partial charge >= 0.3 is 0 Å². The molecule has 0 bridgehead atoms. The number of amides is 1. The van der Waals surface area contributed by atoms with Crippen LogP contribution in [0, 0.1) is 0 Å². The topological polar surface area (TPSA) is 82.5 Å². The van der Waals surface area contributed by atoms with Gasteiger partial charge in [0, 0.05) is 29.1 Å². The molecule has 23 heavy (non-hydrogen) atoms. The predicted octanol–water partition coefficient (Wildman–Crippen LogP) is 3.92. The third-order valence-electron chi connectivity index (χ3n) is 3.45. The van der Waals surface area contributed by atoms with Crippen molar-refractivity contribution in [1.29, 1.82) is 0 Å². The average molecular weight is 329 g/mol. The van der Waals surface area contributed by atoms with E-state index in [1.54, 1.807) is 30.3 Å². The van der Waals surface area contributed by atoms with Gasteiger partial charge < -0.3 is 15.5 Å². The number of anilines is 1. The largest absolute Gasteiger partial charge is 0.507 e. The lowest BCUT2D eigenvalue weighted by molar-refractivity contribution is -0.114. The molecule has 5 nitrogen and oxygen atoms in total. The van der Waals surface area contributed by atoms with Gasteiger partial charge in [-0.1, -0.05) is 11.6 Å². The summed E-state index contributed by atoms with van der Waals surface area (Å²) >= 11 is 6.01. The molecule has 0 fully saturated rings. The van der Waals surface area contributed by atoms with E-state index in [4.69, 9.17) is 11.6 Å². The third-order valence-corrected chi connectivity index (χ3v) is 3.68. The highest BCUT2D eigenvalue weighted by molar-refractivity contribution is 6.31. The summed E-state index contributed by atoms with van der Waals surface area (Å²) in [4.78, 5) is 15.4. The predicted molar refractivity (Wildman–Crippen MR) is 89.8 cm³/mol. The first kappa shape index (κ1) is 15.1. The summed E-state index contributed by atoms with van der Waals surface area (Å²) in [5.74, 6) is -0.336. The number of nitrogens with one attached hydrogen (secondary N) is 1. The summed E-state index contributed by atoms with van der Waals surface area (Å²) < 4.78 is 0. The van der Waals surface area contributed by atoms with Crippen LogP contribution in [0.2, 0.25) is 5.02 Å². The SMILES string of the molecule is CC(=O)Nc1ccc2c(-c3cc(Cl)ccc3O)ccnc2c1O. The van der Waals surface area contributed by atoms with E-state index in [0.717, 1.165) is 0 Å². The summed E-state index contributed by atoms with van der Waals surface area (Å²) in [7, 11) is 0. The second-order valence-corrected chi connectivity index (χ2v) is 5.50. The van der Waals surface area contributed by atoms with Crippen LogP contribution in [0.15, 0.2) is 42.6 Å². The molecule has 2 aromatic carbocycles. The monoisotopic (exact) mass is 328 g/mol. The maximum absolute atomic E-state index is 11.2. The molecule has 0 radical (unpaired) electrons. The molecule has 0 aliphatic rings. The Morgan fingerprint density at radius 2 is 1.91 bits per heavy atom. The van der Waals surface area contributed by atoms with Crippen molar-refractivity contribution in [3.63, 3.8) is 0 Å². The van der Waals surface area contributed by atoms with E-state index in [9.17, 15) is 15.0 Å². The molecule has 0 saturated carbocycles. The number of carbonyl (C=O) groups excluding carboxylic acids is 1. The van der Waals surface area contributed by atoms with Crippen molar-refractivity contribution in [2.24, 2.45) is 0 Å². The van der Waals surface area contributed by atoms with Gasteiger partial charge in [0.05, 0.1) is 5.69 Å². The molecule has 3 N–H and O–H groups in total. The number of phenolic OH excluding ortho intramolecular Hbond substituents is 2. The number of pyridine rings is 1. The van der Waals surface area contributed by atoms with Gasteiger partial charge in [-0.2, -0.15) is 0 Å². The highest BCUT2D eigenvalue weighted by Gasteiger charge is 2.14. The van der Waals surface area contributed by atoms with Crippen molar-refractivity contribution in [1.82, 2.24) is 4.98 Å². The Labute approximate surface area is 137 Å². The number of fused-ring (bicyclic) bond motifs is 1. The van der Waals surface area contributed by atoms with Crippen molar-refractivity contribution in [2.75, 3.05) is 5.32 Å². The minimum Gasteiger partial charge on any atom is -0.507 e. The maximum atomic E-state index is 11.2. The van der Waals surface area contributed by atoms with Gasteiger partial charge in [0.25, 0.3) is 0 Å². The lowest BCUT2D eigenvalue weighted by Gasteiger charge is -2.12. The second kappa shape index (κ2) is 5.78. The van der Waals surface area contributed by atoms with Crippen LogP contribution in [0.4, 0.5) is 5.69 Å². The molecule has 0 aliphatic heterocycles. The van der Waals surface area contributed by atoms with Crippen molar-refractivity contribution in [2.45, 2.75) is 6.92 Å². The summed E-state index contributed by atoms with van der Waals surface area (Å²) in [6.07, 6.45) is 1.52. The first-order chi connectivity index (χ1) is 11.0. The molecule has 1 amide bonds. The van der Waals surface area contributed by atoms with Gasteiger partial charge in [-0.05, 0) is 42.0 Å². The zero-order valence-electron chi connectivity index (χ0n) is 12.2. The number of benzene rings is 2. The van der Waals surface area contributed by atoms with Crippen molar-refractivity contribution in [3.05, 3.63) is 47.6 Å². The standard InChI is InChI=1S/C17H13ClN2O3/c1-9(21)20-14-4-3-12-11(6-7-19-16(12)17(14)23)13-8-10(18)2-5-15(13)22/h2-8,22-23H,1H3,(H,20,21). The van der Waals surface area contributed by atoms with Gasteiger partial charge in [0.1, 0.15) is 11.3 Å². The molecule has 0 spiro atoms. The van der Waals surface area contributed by atoms with E-state index in [0.29, 0.717) is 27.1 Å². The minimum atomic E-state index is -0.289. The zero-order chi connectivity index (χ0) is 16.6. The van der Waals surface area contributed by atoms with Gasteiger partial charge in [-0.15, -0.1) is 0 Å². The molecule has 1 aromatic heterocycles. The number of hydrogen-bond acceptors (Lipinski definition) is 4. The molecular formula is C17H13ClN2O3. The maximum Gasteiger partial charge on any atom is 0.221 e. The van der Waals surface area contributed by atoms with Crippen molar-refractivity contribution in [3.8, 4) is 22.6 Å². The molecule has 0 aliphatic carbocycles. The normalized spacial score (nSPS) is 10.7. The summed E-state index contributed by atoms with van der Waals surface area (Å²) in [6, 6.07) is 9.79. The molecule has 116 valence electrons. The summed E-state index contributed by atoms with van der Waals surface area (Å²) in [5.41, 5.74) is 1.83. The van der Waals surface area contributed by atoms with Crippen LogP contribution in [0.5, 0.6) is 11.5 Å². The number of halogens is 1. The molecule has 0 atom stereocenters. The van der Waals surface area contributed by atoms with Gasteiger partial charge in [-0.3, -0.25) is 9.78 Å². The Hall–Kier alpha value is -2.79. The summed E-state index contributed by atoms with van der Waals surface area (Å²) in [5, 5.41) is 24.1.